The topological polar surface area (TPSA) is 53.0 Å². The smallest absolute Gasteiger partial charge is 0.409 e. The summed E-state index contributed by atoms with van der Waals surface area (Å²) in [5.74, 6) is 0. The number of aliphatic hydroxyl groups excluding tert-OH is 1. The van der Waals surface area contributed by atoms with E-state index in [1.54, 1.807) is 11.8 Å². The molecule has 5 heteroatoms. The Hall–Kier alpha value is -0.810. The molecule has 1 rings (SSSR count). The Balaban J connectivity index is 2.27. The van der Waals surface area contributed by atoms with E-state index in [0.29, 0.717) is 19.6 Å². The molecule has 1 aliphatic rings. The van der Waals surface area contributed by atoms with Crippen LogP contribution in [-0.4, -0.2) is 66.9 Å². The number of carbonyl (C=O) groups is 1. The second-order valence-electron chi connectivity index (χ2n) is 3.61. The number of aliphatic hydroxyl groups is 1. The molecule has 1 amide bonds. The molecule has 0 saturated carbocycles. The molecule has 1 fully saturated rings. The zero-order chi connectivity index (χ0) is 10.6. The third-order valence-corrected chi connectivity index (χ3v) is 2.33. The molecule has 1 heterocycles. The first kappa shape index (κ1) is 11.3. The summed E-state index contributed by atoms with van der Waals surface area (Å²) in [5.41, 5.74) is 0. The van der Waals surface area contributed by atoms with E-state index in [0.717, 1.165) is 13.1 Å². The highest BCUT2D eigenvalue weighted by Gasteiger charge is 2.21. The molecule has 1 saturated heterocycles. The van der Waals surface area contributed by atoms with Crippen LogP contribution in [0.5, 0.6) is 0 Å². The van der Waals surface area contributed by atoms with Crippen molar-refractivity contribution < 1.29 is 14.6 Å². The number of ether oxygens (including phenoxy) is 1. The number of carbonyl (C=O) groups excluding carboxylic acids is 1. The lowest BCUT2D eigenvalue weighted by Gasteiger charge is -2.34. The second-order valence-corrected chi connectivity index (χ2v) is 3.61. The van der Waals surface area contributed by atoms with Gasteiger partial charge in [-0.3, -0.25) is 4.90 Å². The number of rotatable bonds is 2. The van der Waals surface area contributed by atoms with Crippen molar-refractivity contribution in [2.75, 3.05) is 39.8 Å². The third kappa shape index (κ3) is 3.16. The van der Waals surface area contributed by atoms with Crippen LogP contribution in [-0.2, 0) is 4.74 Å². The monoisotopic (exact) mass is 202 g/mol. The summed E-state index contributed by atoms with van der Waals surface area (Å²) in [4.78, 5) is 15.0. The lowest BCUT2D eigenvalue weighted by atomic mass is 10.3. The van der Waals surface area contributed by atoms with Crippen LogP contribution in [0.3, 0.4) is 0 Å². The maximum Gasteiger partial charge on any atom is 0.409 e. The van der Waals surface area contributed by atoms with Crippen molar-refractivity contribution in [3.8, 4) is 0 Å². The molecule has 1 unspecified atom stereocenters. The summed E-state index contributed by atoms with van der Waals surface area (Å²) >= 11 is 0. The van der Waals surface area contributed by atoms with Gasteiger partial charge in [0.25, 0.3) is 0 Å². The largest absolute Gasteiger partial charge is 0.453 e. The zero-order valence-corrected chi connectivity index (χ0v) is 8.77. The number of hydrogen-bond acceptors (Lipinski definition) is 4. The van der Waals surface area contributed by atoms with E-state index in [1.807, 2.05) is 0 Å². The summed E-state index contributed by atoms with van der Waals surface area (Å²) in [6.07, 6.45) is -0.568. The number of methoxy groups -OCH3 is 1. The zero-order valence-electron chi connectivity index (χ0n) is 8.77. The SMILES string of the molecule is COC(=O)N1CCN(CC(C)O)CC1. The van der Waals surface area contributed by atoms with Crippen LogP contribution in [0.2, 0.25) is 0 Å². The van der Waals surface area contributed by atoms with Crippen LogP contribution in [0.25, 0.3) is 0 Å². The molecule has 5 nitrogen and oxygen atoms in total. The van der Waals surface area contributed by atoms with Crippen LogP contribution >= 0.6 is 0 Å². The van der Waals surface area contributed by atoms with Gasteiger partial charge in [0.05, 0.1) is 13.2 Å². The first-order valence-electron chi connectivity index (χ1n) is 4.87. The van der Waals surface area contributed by atoms with Gasteiger partial charge in [0.15, 0.2) is 0 Å². The van der Waals surface area contributed by atoms with Gasteiger partial charge < -0.3 is 14.7 Å². The molecule has 1 N–H and O–H groups in total. The van der Waals surface area contributed by atoms with Gasteiger partial charge in [-0.2, -0.15) is 0 Å². The molecule has 1 atom stereocenters. The molecule has 0 aromatic rings. The summed E-state index contributed by atoms with van der Waals surface area (Å²) in [7, 11) is 1.39. The molecule has 0 spiro atoms. The van der Waals surface area contributed by atoms with Gasteiger partial charge in [0, 0.05) is 32.7 Å². The Bertz CT molecular complexity index is 188. The van der Waals surface area contributed by atoms with Gasteiger partial charge in [0.1, 0.15) is 0 Å². The second kappa shape index (κ2) is 5.17. The maximum atomic E-state index is 11.1. The normalized spacial score (nSPS) is 20.6. The third-order valence-electron chi connectivity index (χ3n) is 2.33. The highest BCUT2D eigenvalue weighted by Crippen LogP contribution is 2.03. The summed E-state index contributed by atoms with van der Waals surface area (Å²) in [6, 6.07) is 0. The van der Waals surface area contributed by atoms with E-state index in [9.17, 15) is 9.90 Å². The van der Waals surface area contributed by atoms with E-state index in [2.05, 4.69) is 9.64 Å². The minimum absolute atomic E-state index is 0.262. The van der Waals surface area contributed by atoms with Gasteiger partial charge in [-0.25, -0.2) is 4.79 Å². The number of nitrogens with zero attached hydrogens (tertiary/aromatic N) is 2. The first-order chi connectivity index (χ1) is 6.63. The Morgan fingerprint density at radius 2 is 2.00 bits per heavy atom. The van der Waals surface area contributed by atoms with Gasteiger partial charge in [-0.1, -0.05) is 0 Å². The molecule has 0 radical (unpaired) electrons. The number of amides is 1. The Morgan fingerprint density at radius 1 is 1.43 bits per heavy atom. The van der Waals surface area contributed by atoms with Crippen molar-refractivity contribution >= 4 is 6.09 Å². The van der Waals surface area contributed by atoms with Crippen molar-refractivity contribution in [1.29, 1.82) is 0 Å². The molecule has 14 heavy (non-hydrogen) atoms. The summed E-state index contributed by atoms with van der Waals surface area (Å²) < 4.78 is 4.63. The van der Waals surface area contributed by atoms with Crippen LogP contribution in [0.4, 0.5) is 4.79 Å². The molecule has 1 aliphatic heterocycles. The number of piperazine rings is 1. The Kier molecular flexibility index (Phi) is 4.16. The molecular formula is C9H18N2O3. The van der Waals surface area contributed by atoms with Crippen molar-refractivity contribution in [2.45, 2.75) is 13.0 Å². The van der Waals surface area contributed by atoms with Gasteiger partial charge in [0.2, 0.25) is 0 Å². The fraction of sp³-hybridized carbons (Fsp3) is 0.889. The predicted molar refractivity (Wildman–Crippen MR) is 52.1 cm³/mol. The van der Waals surface area contributed by atoms with Crippen LogP contribution in [0, 0.1) is 0 Å². The standard InChI is InChI=1S/C9H18N2O3/c1-8(12)7-10-3-5-11(6-4-10)9(13)14-2/h8,12H,3-7H2,1-2H3. The predicted octanol–water partition coefficient (Wildman–Crippen LogP) is -0.249. The van der Waals surface area contributed by atoms with E-state index >= 15 is 0 Å². The Labute approximate surface area is 84.2 Å². The van der Waals surface area contributed by atoms with Gasteiger partial charge in [-0.05, 0) is 6.92 Å². The van der Waals surface area contributed by atoms with Crippen molar-refractivity contribution in [2.24, 2.45) is 0 Å². The highest BCUT2D eigenvalue weighted by atomic mass is 16.5. The van der Waals surface area contributed by atoms with E-state index in [4.69, 9.17) is 0 Å². The summed E-state index contributed by atoms with van der Waals surface area (Å²) in [6.45, 7) is 5.42. The highest BCUT2D eigenvalue weighted by molar-refractivity contribution is 5.67. The van der Waals surface area contributed by atoms with Crippen molar-refractivity contribution in [3.63, 3.8) is 0 Å². The van der Waals surface area contributed by atoms with Gasteiger partial charge >= 0.3 is 6.09 Å². The van der Waals surface area contributed by atoms with E-state index in [1.165, 1.54) is 7.11 Å². The van der Waals surface area contributed by atoms with Crippen molar-refractivity contribution in [1.82, 2.24) is 9.80 Å². The molecule has 0 bridgehead atoms. The average molecular weight is 202 g/mol. The number of hydrogen-bond donors (Lipinski definition) is 1. The minimum atomic E-state index is -0.306. The van der Waals surface area contributed by atoms with Crippen LogP contribution in [0.15, 0.2) is 0 Å². The number of β-amino-alcohol motifs (C(OH)–C–C–N with tert-alkyl or cyclic N) is 1. The summed E-state index contributed by atoms with van der Waals surface area (Å²) in [5, 5.41) is 9.18. The van der Waals surface area contributed by atoms with E-state index in [-0.39, 0.29) is 12.2 Å². The Morgan fingerprint density at radius 3 is 2.43 bits per heavy atom. The van der Waals surface area contributed by atoms with Crippen LogP contribution < -0.4 is 0 Å². The molecule has 0 aromatic heterocycles. The first-order valence-corrected chi connectivity index (χ1v) is 4.87. The molecule has 0 aromatic carbocycles. The average Bonchev–Trinajstić information content (AvgIpc) is 2.17. The van der Waals surface area contributed by atoms with Gasteiger partial charge in [-0.15, -0.1) is 0 Å². The maximum absolute atomic E-state index is 11.1. The fourth-order valence-corrected chi connectivity index (χ4v) is 1.62. The molecule has 82 valence electrons. The lowest BCUT2D eigenvalue weighted by Crippen LogP contribution is -2.50. The van der Waals surface area contributed by atoms with Crippen molar-refractivity contribution in [3.05, 3.63) is 0 Å². The fourth-order valence-electron chi connectivity index (χ4n) is 1.62. The van der Waals surface area contributed by atoms with Crippen LogP contribution in [0.1, 0.15) is 6.92 Å². The van der Waals surface area contributed by atoms with E-state index < -0.39 is 0 Å². The lowest BCUT2D eigenvalue weighted by molar-refractivity contribution is 0.0689. The molecule has 0 aliphatic carbocycles. The molecular weight excluding hydrogens is 184 g/mol. The minimum Gasteiger partial charge on any atom is -0.453 e. The quantitative estimate of drug-likeness (QED) is 0.671.